The monoisotopic (exact) mass is 483 g/mol. The third-order valence-corrected chi connectivity index (χ3v) is 5.18. The molecule has 0 aliphatic carbocycles. The van der Waals surface area contributed by atoms with Crippen LogP contribution in [0.3, 0.4) is 0 Å². The Morgan fingerprint density at radius 1 is 0.941 bits per heavy atom. The van der Waals surface area contributed by atoms with Crippen LogP contribution in [-0.4, -0.2) is 18.2 Å². The number of aromatic nitrogens is 1. The molecule has 2 heterocycles. The van der Waals surface area contributed by atoms with Gasteiger partial charge in [-0.1, -0.05) is 13.0 Å². The second kappa shape index (κ2) is 9.27. The van der Waals surface area contributed by atoms with E-state index in [1.807, 2.05) is 6.92 Å². The molecule has 1 fully saturated rings. The predicted molar refractivity (Wildman–Crippen MR) is 109 cm³/mol. The summed E-state index contributed by atoms with van der Waals surface area (Å²) in [7, 11) is 0. The van der Waals surface area contributed by atoms with Gasteiger partial charge in [0.15, 0.2) is 17.9 Å². The second-order valence-corrected chi connectivity index (χ2v) is 8.05. The van der Waals surface area contributed by atoms with Crippen molar-refractivity contribution in [1.29, 1.82) is 0 Å². The average molecular weight is 483 g/mol. The Labute approximate surface area is 191 Å². The molecular weight excluding hydrogens is 464 g/mol. The minimum absolute atomic E-state index is 0.0936. The molecule has 4 rings (SSSR count). The SMILES string of the molecule is Cc1cc(OC(F)(F)c2c(F)cc(-c3ccc(C4OCC(C)CO4)cn3)cc2F)cc(F)c1F. The Kier molecular flexibility index (Phi) is 6.55. The molecule has 10 heteroatoms. The summed E-state index contributed by atoms with van der Waals surface area (Å²) >= 11 is 0. The lowest BCUT2D eigenvalue weighted by atomic mass is 10.1. The molecule has 4 nitrogen and oxygen atoms in total. The first-order valence-electron chi connectivity index (χ1n) is 10.3. The lowest BCUT2D eigenvalue weighted by Gasteiger charge is -2.27. The number of pyridine rings is 1. The molecule has 0 spiro atoms. The first kappa shape index (κ1) is 24.0. The number of ether oxygens (including phenoxy) is 3. The van der Waals surface area contributed by atoms with Gasteiger partial charge >= 0.3 is 6.11 Å². The van der Waals surface area contributed by atoms with Gasteiger partial charge < -0.3 is 14.2 Å². The molecule has 34 heavy (non-hydrogen) atoms. The van der Waals surface area contributed by atoms with Crippen LogP contribution in [0.1, 0.15) is 29.9 Å². The summed E-state index contributed by atoms with van der Waals surface area (Å²) in [6.07, 6.45) is -3.72. The van der Waals surface area contributed by atoms with Crippen molar-refractivity contribution in [3.8, 4) is 17.0 Å². The van der Waals surface area contributed by atoms with E-state index in [0.29, 0.717) is 37.0 Å². The number of hydrogen-bond donors (Lipinski definition) is 0. The minimum atomic E-state index is -4.51. The largest absolute Gasteiger partial charge is 0.432 e. The molecular formula is C24H19F6NO3. The highest BCUT2D eigenvalue weighted by atomic mass is 19.3. The minimum Gasteiger partial charge on any atom is -0.429 e. The van der Waals surface area contributed by atoms with Gasteiger partial charge in [-0.2, -0.15) is 8.78 Å². The van der Waals surface area contributed by atoms with Crippen LogP contribution < -0.4 is 4.74 Å². The third kappa shape index (κ3) is 4.88. The van der Waals surface area contributed by atoms with Gasteiger partial charge in [0, 0.05) is 29.3 Å². The van der Waals surface area contributed by atoms with Gasteiger partial charge in [0.2, 0.25) is 0 Å². The molecule has 0 unspecified atom stereocenters. The van der Waals surface area contributed by atoms with Gasteiger partial charge in [0.1, 0.15) is 22.9 Å². The van der Waals surface area contributed by atoms with Crippen LogP contribution in [0.4, 0.5) is 26.3 Å². The second-order valence-electron chi connectivity index (χ2n) is 8.05. The van der Waals surface area contributed by atoms with E-state index in [1.54, 1.807) is 6.07 Å². The van der Waals surface area contributed by atoms with Crippen molar-refractivity contribution in [2.45, 2.75) is 26.2 Å². The molecule has 1 aromatic heterocycles. The Morgan fingerprint density at radius 3 is 2.15 bits per heavy atom. The topological polar surface area (TPSA) is 40.6 Å². The quantitative estimate of drug-likeness (QED) is 0.393. The summed E-state index contributed by atoms with van der Waals surface area (Å²) < 4.78 is 101. The fraction of sp³-hybridized carbons (Fsp3) is 0.292. The van der Waals surface area contributed by atoms with Crippen molar-refractivity contribution >= 4 is 0 Å². The molecule has 1 aliphatic heterocycles. The summed E-state index contributed by atoms with van der Waals surface area (Å²) in [5.41, 5.74) is -1.36. The molecule has 2 aromatic carbocycles. The number of benzene rings is 2. The zero-order chi connectivity index (χ0) is 24.6. The highest BCUT2D eigenvalue weighted by molar-refractivity contribution is 5.60. The van der Waals surface area contributed by atoms with E-state index in [9.17, 15) is 26.3 Å². The third-order valence-electron chi connectivity index (χ3n) is 5.18. The molecule has 3 aromatic rings. The molecule has 0 radical (unpaired) electrons. The standard InChI is InChI=1S/C24H19F6NO3/c1-12-10-32-23(33-11-12)14-3-4-20(31-9-14)15-6-17(25)21(18(26)7-15)24(29,30)34-16-5-13(2)22(28)19(27)8-16/h3-9,12,23H,10-11H2,1-2H3. The van der Waals surface area contributed by atoms with E-state index in [0.717, 1.165) is 13.0 Å². The maximum Gasteiger partial charge on any atom is 0.432 e. The average Bonchev–Trinajstić information content (AvgIpc) is 2.77. The van der Waals surface area contributed by atoms with Crippen molar-refractivity contribution in [2.75, 3.05) is 13.2 Å². The van der Waals surface area contributed by atoms with E-state index >= 15 is 0 Å². The molecule has 180 valence electrons. The van der Waals surface area contributed by atoms with Crippen LogP contribution in [0.2, 0.25) is 0 Å². The van der Waals surface area contributed by atoms with Crippen molar-refractivity contribution < 1.29 is 40.6 Å². The van der Waals surface area contributed by atoms with Gasteiger partial charge in [-0.15, -0.1) is 0 Å². The van der Waals surface area contributed by atoms with Crippen LogP contribution in [0.5, 0.6) is 5.75 Å². The lowest BCUT2D eigenvalue weighted by molar-refractivity contribution is -0.202. The predicted octanol–water partition coefficient (Wildman–Crippen LogP) is 6.42. The van der Waals surface area contributed by atoms with E-state index in [1.165, 1.54) is 12.3 Å². The number of nitrogens with zero attached hydrogens (tertiary/aromatic N) is 1. The summed E-state index contributed by atoms with van der Waals surface area (Å²) in [6, 6.07) is 5.57. The fourth-order valence-electron chi connectivity index (χ4n) is 3.46. The Morgan fingerprint density at radius 2 is 1.59 bits per heavy atom. The number of alkyl halides is 2. The molecule has 0 saturated carbocycles. The summed E-state index contributed by atoms with van der Waals surface area (Å²) in [6.45, 7) is 4.11. The molecule has 1 aliphatic rings. The molecule has 1 saturated heterocycles. The molecule has 0 atom stereocenters. The van der Waals surface area contributed by atoms with E-state index < -0.39 is 47.0 Å². The Balaban J connectivity index is 1.58. The Bertz CT molecular complexity index is 1150. The fourth-order valence-corrected chi connectivity index (χ4v) is 3.46. The first-order valence-corrected chi connectivity index (χ1v) is 10.3. The maximum absolute atomic E-state index is 14.6. The van der Waals surface area contributed by atoms with Gasteiger partial charge in [0.05, 0.1) is 18.9 Å². The normalized spacial score (nSPS) is 18.7. The number of rotatable bonds is 5. The number of aryl methyl sites for hydroxylation is 1. The van der Waals surface area contributed by atoms with Crippen LogP contribution in [0.25, 0.3) is 11.3 Å². The van der Waals surface area contributed by atoms with Crippen LogP contribution in [0.15, 0.2) is 42.6 Å². The Hall–Kier alpha value is -3.11. The van der Waals surface area contributed by atoms with Gasteiger partial charge in [-0.3, -0.25) is 4.98 Å². The maximum atomic E-state index is 14.6. The van der Waals surface area contributed by atoms with Crippen molar-refractivity contribution in [3.63, 3.8) is 0 Å². The highest BCUT2D eigenvalue weighted by Gasteiger charge is 2.41. The highest BCUT2D eigenvalue weighted by Crippen LogP contribution is 2.37. The zero-order valence-corrected chi connectivity index (χ0v) is 18.1. The van der Waals surface area contributed by atoms with Crippen LogP contribution >= 0.6 is 0 Å². The van der Waals surface area contributed by atoms with E-state index in [2.05, 4.69) is 9.72 Å². The summed E-state index contributed by atoms with van der Waals surface area (Å²) in [4.78, 5) is 4.12. The van der Waals surface area contributed by atoms with Crippen molar-refractivity contribution in [2.24, 2.45) is 5.92 Å². The van der Waals surface area contributed by atoms with Gasteiger partial charge in [-0.25, -0.2) is 17.6 Å². The van der Waals surface area contributed by atoms with Crippen molar-refractivity contribution in [1.82, 2.24) is 4.98 Å². The molecule has 0 N–H and O–H groups in total. The smallest absolute Gasteiger partial charge is 0.429 e. The summed E-state index contributed by atoms with van der Waals surface area (Å²) in [5.74, 6) is -6.41. The number of hydrogen-bond acceptors (Lipinski definition) is 4. The van der Waals surface area contributed by atoms with E-state index in [4.69, 9.17) is 9.47 Å². The van der Waals surface area contributed by atoms with Gasteiger partial charge in [-0.05, 0) is 36.8 Å². The van der Waals surface area contributed by atoms with E-state index in [-0.39, 0.29) is 22.7 Å². The van der Waals surface area contributed by atoms with Crippen molar-refractivity contribution in [3.05, 3.63) is 82.6 Å². The van der Waals surface area contributed by atoms with Gasteiger partial charge in [0.25, 0.3) is 0 Å². The van der Waals surface area contributed by atoms with Crippen LogP contribution in [-0.2, 0) is 15.6 Å². The first-order chi connectivity index (χ1) is 16.0. The summed E-state index contributed by atoms with van der Waals surface area (Å²) in [5, 5.41) is 0. The van der Waals surface area contributed by atoms with Crippen LogP contribution in [0, 0.1) is 36.1 Å². The number of halogens is 6. The molecule has 0 amide bonds. The lowest BCUT2D eigenvalue weighted by Crippen LogP contribution is -2.25. The molecule has 0 bridgehead atoms. The zero-order valence-electron chi connectivity index (χ0n) is 18.1.